The number of aliphatic hydroxyl groups excluding tert-OH is 1. The van der Waals surface area contributed by atoms with Crippen LogP contribution in [0.4, 0.5) is 11.6 Å². The van der Waals surface area contributed by atoms with E-state index in [1.807, 2.05) is 113 Å². The Labute approximate surface area is 406 Å². The number of nitrogens with one attached hydrogen (secondary N) is 4. The molecule has 0 radical (unpaired) electrons. The first-order valence-electron chi connectivity index (χ1n) is 23.4. The minimum atomic E-state index is -0.974. The normalized spacial score (nSPS) is 16.2. The lowest BCUT2D eigenvalue weighted by Crippen LogP contribution is -2.57. The van der Waals surface area contributed by atoms with Crippen molar-refractivity contribution >= 4 is 52.5 Å². The molecular weight excluding hydrogens is 899 g/mol. The van der Waals surface area contributed by atoms with Gasteiger partial charge in [-0.2, -0.15) is 0 Å². The molecule has 19 nitrogen and oxygen atoms in total. The van der Waals surface area contributed by atoms with E-state index in [0.717, 1.165) is 27.3 Å². The summed E-state index contributed by atoms with van der Waals surface area (Å²) >= 11 is 1.57. The van der Waals surface area contributed by atoms with Crippen LogP contribution in [0, 0.1) is 12.3 Å². The highest BCUT2D eigenvalue weighted by molar-refractivity contribution is 7.13. The van der Waals surface area contributed by atoms with Crippen LogP contribution in [-0.4, -0.2) is 120 Å². The van der Waals surface area contributed by atoms with Gasteiger partial charge in [0.2, 0.25) is 23.6 Å². The Kier molecular flexibility index (Phi) is 15.8. The molecule has 3 atom stereocenters. The first-order valence-corrected chi connectivity index (χ1v) is 24.3. The van der Waals surface area contributed by atoms with E-state index in [9.17, 15) is 29.1 Å². The van der Waals surface area contributed by atoms with Crippen molar-refractivity contribution in [3.8, 4) is 22.0 Å². The molecule has 1 fully saturated rings. The van der Waals surface area contributed by atoms with Crippen LogP contribution in [0.5, 0.6) is 0 Å². The Bertz CT molecular complexity index is 2660. The average molecular weight is 962 g/mol. The zero-order chi connectivity index (χ0) is 49.6. The summed E-state index contributed by atoms with van der Waals surface area (Å²) in [5.41, 5.74) is 6.47. The monoisotopic (exact) mass is 961 g/mol. The zero-order valence-corrected chi connectivity index (χ0v) is 41.4. The van der Waals surface area contributed by atoms with Gasteiger partial charge in [0.1, 0.15) is 35.7 Å². The molecule has 0 spiro atoms. The fraction of sp³-hybridized carbons (Fsp3) is 0.469. The number of aryl methyl sites for hydroxylation is 2. The SMILES string of the molecule is CCn1cnnc1-c1cccc(N2Cc3c(cc(N(C)C(C)C)nc3CNCC(=O)NCCCC(=O)N[C@H](C(=O)N3C[C@H](O)C[C@H]3C(=O)NCc3ccc(-c4scnc4C)cc3)C(C)(C)C)C2=O)n1. The van der Waals surface area contributed by atoms with E-state index in [1.165, 1.54) is 4.90 Å². The number of anilines is 2. The van der Waals surface area contributed by atoms with Gasteiger partial charge >= 0.3 is 0 Å². The lowest BCUT2D eigenvalue weighted by molar-refractivity contribution is -0.144. The fourth-order valence-corrected chi connectivity index (χ4v) is 9.17. The van der Waals surface area contributed by atoms with Crippen LogP contribution in [0.2, 0.25) is 0 Å². The van der Waals surface area contributed by atoms with Crippen LogP contribution in [0.25, 0.3) is 22.0 Å². The van der Waals surface area contributed by atoms with Gasteiger partial charge in [0, 0.05) is 64.2 Å². The molecule has 4 aromatic heterocycles. The maximum Gasteiger partial charge on any atom is 0.260 e. The molecule has 20 heteroatoms. The average Bonchev–Trinajstić information content (AvgIpc) is 4.14. The van der Waals surface area contributed by atoms with Crippen molar-refractivity contribution in [1.82, 2.24) is 55.9 Å². The van der Waals surface area contributed by atoms with Crippen molar-refractivity contribution in [3.63, 3.8) is 0 Å². The van der Waals surface area contributed by atoms with E-state index in [0.29, 0.717) is 47.4 Å². The number of nitrogens with zero attached hydrogens (tertiary/aromatic N) is 9. The number of benzene rings is 1. The molecule has 0 aliphatic carbocycles. The van der Waals surface area contributed by atoms with Gasteiger partial charge in [-0.3, -0.25) is 28.9 Å². The van der Waals surface area contributed by atoms with Gasteiger partial charge in [-0.1, -0.05) is 51.1 Å². The molecule has 366 valence electrons. The van der Waals surface area contributed by atoms with E-state index in [-0.39, 0.29) is 81.8 Å². The van der Waals surface area contributed by atoms with E-state index in [4.69, 9.17) is 9.97 Å². The summed E-state index contributed by atoms with van der Waals surface area (Å²) in [6, 6.07) is 13.3. The van der Waals surface area contributed by atoms with Gasteiger partial charge in [0.15, 0.2) is 5.82 Å². The number of amides is 5. The molecule has 2 aliphatic heterocycles. The topological polar surface area (TPSA) is 233 Å². The summed E-state index contributed by atoms with van der Waals surface area (Å²) in [7, 11) is 1.92. The predicted molar refractivity (Wildman–Crippen MR) is 263 cm³/mol. The minimum Gasteiger partial charge on any atom is -0.391 e. The standard InChI is InChI=1S/C49H63N13O6S/c1-9-60-27-54-58-45(60)36-12-10-13-39(55-36)62-26-35-34(47(62)67)21-40(59(8)29(2)3)56-37(35)23-50-24-42(65)51-19-11-14-41(64)57-44(49(5,6)7)48(68)61-25-33(63)20-38(61)46(66)52-22-31-15-17-32(18-16-31)43-30(4)53-28-69-43/h10,12-13,15-18,21,27-29,33,38,44,50,63H,9,11,14,19-20,22-26H2,1-8H3,(H,51,65)(H,52,66)(H,57,64)/t33-,38+,44-/m1/s1. The van der Waals surface area contributed by atoms with E-state index < -0.39 is 29.5 Å². The summed E-state index contributed by atoms with van der Waals surface area (Å²) < 4.78 is 1.88. The predicted octanol–water partition coefficient (Wildman–Crippen LogP) is 3.99. The summed E-state index contributed by atoms with van der Waals surface area (Å²) in [5, 5.41) is 30.7. The molecule has 0 unspecified atom stereocenters. The quantitative estimate of drug-likeness (QED) is 0.0739. The van der Waals surface area contributed by atoms with E-state index in [1.54, 1.807) is 28.6 Å². The number of thiazole rings is 1. The van der Waals surface area contributed by atoms with Crippen molar-refractivity contribution in [2.75, 3.05) is 36.5 Å². The molecule has 0 saturated carbocycles. The number of β-amino-alcohol motifs (C(OH)–C–C–N with tert-alkyl or cyclic N) is 1. The van der Waals surface area contributed by atoms with Crippen LogP contribution in [0.1, 0.15) is 93.7 Å². The summed E-state index contributed by atoms with van der Waals surface area (Å²) in [6.45, 7) is 15.0. The fourth-order valence-electron chi connectivity index (χ4n) is 8.36. The van der Waals surface area contributed by atoms with Crippen LogP contribution in [0.15, 0.2) is 60.4 Å². The van der Waals surface area contributed by atoms with Crippen LogP contribution < -0.4 is 31.1 Å². The molecule has 6 heterocycles. The van der Waals surface area contributed by atoms with Crippen molar-refractivity contribution < 1.29 is 29.1 Å². The molecule has 2 aliphatic rings. The third-order valence-electron chi connectivity index (χ3n) is 12.5. The zero-order valence-electron chi connectivity index (χ0n) is 40.6. The number of aromatic nitrogens is 6. The number of aliphatic hydroxyl groups is 1. The molecule has 0 bridgehead atoms. The summed E-state index contributed by atoms with van der Waals surface area (Å²) in [5.74, 6) is 0.00691. The third-order valence-corrected chi connectivity index (χ3v) is 13.5. The number of carbonyl (C=O) groups is 5. The number of rotatable bonds is 19. The molecule has 69 heavy (non-hydrogen) atoms. The molecule has 1 aromatic carbocycles. The number of hydrogen-bond acceptors (Lipinski definition) is 14. The second-order valence-corrected chi connectivity index (χ2v) is 19.7. The Balaban J connectivity index is 0.895. The highest BCUT2D eigenvalue weighted by Gasteiger charge is 2.44. The van der Waals surface area contributed by atoms with Gasteiger partial charge in [-0.05, 0) is 68.9 Å². The van der Waals surface area contributed by atoms with Gasteiger partial charge in [-0.15, -0.1) is 21.5 Å². The number of likely N-dealkylation sites (tertiary alicyclic amines) is 1. The Morgan fingerprint density at radius 1 is 1.01 bits per heavy atom. The van der Waals surface area contributed by atoms with Crippen molar-refractivity contribution in [1.29, 1.82) is 0 Å². The lowest BCUT2D eigenvalue weighted by atomic mass is 9.85. The largest absolute Gasteiger partial charge is 0.391 e. The molecule has 5 amide bonds. The Morgan fingerprint density at radius 2 is 1.78 bits per heavy atom. The number of hydrogen-bond donors (Lipinski definition) is 5. The maximum atomic E-state index is 14.1. The minimum absolute atomic E-state index is 0.0324. The van der Waals surface area contributed by atoms with E-state index in [2.05, 4.69) is 36.4 Å². The second-order valence-electron chi connectivity index (χ2n) is 18.9. The number of carbonyl (C=O) groups excluding carboxylic acids is 5. The Morgan fingerprint density at radius 3 is 2.48 bits per heavy atom. The molecule has 5 N–H and O–H groups in total. The molecular formula is C49H63N13O6S. The highest BCUT2D eigenvalue weighted by atomic mass is 32.1. The second kappa shape index (κ2) is 21.8. The van der Waals surface area contributed by atoms with Crippen LogP contribution in [-0.2, 0) is 45.4 Å². The van der Waals surface area contributed by atoms with Crippen molar-refractivity contribution in [3.05, 3.63) is 88.4 Å². The first-order chi connectivity index (χ1) is 32.9. The van der Waals surface area contributed by atoms with Gasteiger partial charge in [-0.25, -0.2) is 15.0 Å². The maximum absolute atomic E-state index is 14.1. The summed E-state index contributed by atoms with van der Waals surface area (Å²) in [4.78, 5) is 88.0. The molecule has 7 rings (SSSR count). The van der Waals surface area contributed by atoms with Crippen molar-refractivity contribution in [2.45, 2.75) is 118 Å². The highest BCUT2D eigenvalue weighted by Crippen LogP contribution is 2.33. The van der Waals surface area contributed by atoms with Gasteiger partial charge < -0.3 is 40.7 Å². The van der Waals surface area contributed by atoms with Crippen LogP contribution >= 0.6 is 11.3 Å². The molecule has 1 saturated heterocycles. The Hall–Kier alpha value is -6.64. The van der Waals surface area contributed by atoms with Gasteiger partial charge in [0.25, 0.3) is 5.91 Å². The van der Waals surface area contributed by atoms with Crippen LogP contribution in [0.3, 0.4) is 0 Å². The van der Waals surface area contributed by atoms with Gasteiger partial charge in [0.05, 0.1) is 46.5 Å². The third kappa shape index (κ3) is 11.8. The lowest BCUT2D eigenvalue weighted by Gasteiger charge is -2.35. The number of fused-ring (bicyclic) bond motifs is 1. The first kappa shape index (κ1) is 50.2. The van der Waals surface area contributed by atoms with E-state index >= 15 is 0 Å². The van der Waals surface area contributed by atoms with Crippen molar-refractivity contribution in [2.24, 2.45) is 5.41 Å². The number of pyridine rings is 2. The summed E-state index contributed by atoms with van der Waals surface area (Å²) in [6.07, 6.45) is 1.18. The molecule has 5 aromatic rings. The smallest absolute Gasteiger partial charge is 0.260 e.